The first-order valence-corrected chi connectivity index (χ1v) is 19.1. The number of nitro groups is 1. The van der Waals surface area contributed by atoms with E-state index in [1.165, 1.54) is 22.3 Å². The second-order valence-electron chi connectivity index (χ2n) is 14.5. The standard InChI is InChI=1S/C48H36N6O2/c55-54(56)43-27-26-42-41(45(43)40-23-11-17-32-25-24-31-12-7-8-22-39(31)44(32)40)30-49-53(42)38-21-10-19-36(29-38)35-18-9-20-37(28-35)48-51-46(33-13-3-1-4-14-33)50-47(52-48)34-15-5-2-6-16-34/h1-22,28-30,40H,23-27H2. The smallest absolute Gasteiger partial charge is 0.251 e. The lowest BCUT2D eigenvalue weighted by molar-refractivity contribution is -0.427. The molecule has 56 heavy (non-hydrogen) atoms. The predicted octanol–water partition coefficient (Wildman–Crippen LogP) is 10.6. The molecular weight excluding hydrogens is 693 g/mol. The number of aromatic nitrogens is 5. The third-order valence-corrected chi connectivity index (χ3v) is 11.2. The molecule has 5 aromatic carbocycles. The van der Waals surface area contributed by atoms with Crippen molar-refractivity contribution >= 4 is 11.1 Å². The van der Waals surface area contributed by atoms with Crippen LogP contribution in [0.3, 0.4) is 0 Å². The second-order valence-corrected chi connectivity index (χ2v) is 14.5. The molecule has 0 saturated carbocycles. The van der Waals surface area contributed by atoms with Gasteiger partial charge in [0.05, 0.1) is 22.5 Å². The minimum Gasteiger partial charge on any atom is -0.259 e. The Bertz CT molecular complexity index is 2710. The van der Waals surface area contributed by atoms with E-state index in [1.807, 2.05) is 89.7 Å². The van der Waals surface area contributed by atoms with Gasteiger partial charge in [-0.25, -0.2) is 19.6 Å². The van der Waals surface area contributed by atoms with Crippen molar-refractivity contribution in [2.24, 2.45) is 5.92 Å². The molecule has 270 valence electrons. The Balaban J connectivity index is 1.03. The summed E-state index contributed by atoms with van der Waals surface area (Å²) in [5.41, 5.74) is 13.7. The first-order valence-electron chi connectivity index (χ1n) is 19.1. The fourth-order valence-electron chi connectivity index (χ4n) is 8.65. The molecule has 0 amide bonds. The summed E-state index contributed by atoms with van der Waals surface area (Å²) in [6.45, 7) is 0. The molecule has 7 aromatic rings. The highest BCUT2D eigenvalue weighted by Crippen LogP contribution is 2.49. The van der Waals surface area contributed by atoms with E-state index >= 15 is 0 Å². The number of hydrogen-bond donors (Lipinski definition) is 0. The Morgan fingerprint density at radius 2 is 1.21 bits per heavy atom. The van der Waals surface area contributed by atoms with E-state index in [9.17, 15) is 10.1 Å². The summed E-state index contributed by atoms with van der Waals surface area (Å²) in [5, 5.41) is 17.6. The van der Waals surface area contributed by atoms with Crippen LogP contribution in [0.2, 0.25) is 0 Å². The fourth-order valence-corrected chi connectivity index (χ4v) is 8.65. The predicted molar refractivity (Wildman–Crippen MR) is 220 cm³/mol. The van der Waals surface area contributed by atoms with Gasteiger partial charge in [0.2, 0.25) is 0 Å². The van der Waals surface area contributed by atoms with Crippen molar-refractivity contribution in [3.63, 3.8) is 0 Å². The van der Waals surface area contributed by atoms with Gasteiger partial charge in [-0.15, -0.1) is 0 Å². The number of allylic oxidation sites excluding steroid dienone is 6. The lowest BCUT2D eigenvalue weighted by Crippen LogP contribution is -2.21. The van der Waals surface area contributed by atoms with Crippen molar-refractivity contribution in [2.45, 2.75) is 32.1 Å². The first-order chi connectivity index (χ1) is 27.6. The van der Waals surface area contributed by atoms with E-state index in [4.69, 9.17) is 20.1 Å². The van der Waals surface area contributed by atoms with Crippen molar-refractivity contribution in [1.29, 1.82) is 0 Å². The monoisotopic (exact) mass is 728 g/mol. The number of rotatable bonds is 7. The van der Waals surface area contributed by atoms with E-state index in [2.05, 4.69) is 66.7 Å². The normalized spacial score (nSPS) is 16.0. The van der Waals surface area contributed by atoms with E-state index in [0.717, 1.165) is 69.6 Å². The molecule has 0 aliphatic heterocycles. The zero-order valence-corrected chi connectivity index (χ0v) is 30.5. The molecule has 0 N–H and O–H groups in total. The molecule has 0 bridgehead atoms. The summed E-state index contributed by atoms with van der Waals surface area (Å²) >= 11 is 0. The highest BCUT2D eigenvalue weighted by atomic mass is 16.6. The van der Waals surface area contributed by atoms with Crippen LogP contribution in [0.15, 0.2) is 163 Å². The second kappa shape index (κ2) is 14.0. The Kier molecular flexibility index (Phi) is 8.36. The molecule has 10 rings (SSSR count). The molecule has 8 nitrogen and oxygen atoms in total. The van der Waals surface area contributed by atoms with E-state index in [-0.39, 0.29) is 10.8 Å². The van der Waals surface area contributed by atoms with Crippen LogP contribution in [0.4, 0.5) is 0 Å². The lowest BCUT2D eigenvalue weighted by Gasteiger charge is -2.33. The maximum atomic E-state index is 12.7. The Morgan fingerprint density at radius 1 is 0.589 bits per heavy atom. The van der Waals surface area contributed by atoms with Crippen LogP contribution in [0.25, 0.3) is 62.1 Å². The summed E-state index contributed by atoms with van der Waals surface area (Å²) < 4.78 is 1.98. The van der Waals surface area contributed by atoms with Crippen LogP contribution in [0, 0.1) is 16.0 Å². The molecule has 1 unspecified atom stereocenters. The number of hydrogen-bond acceptors (Lipinski definition) is 6. The summed E-state index contributed by atoms with van der Waals surface area (Å²) in [5.74, 6) is 1.71. The highest BCUT2D eigenvalue weighted by Gasteiger charge is 2.38. The number of benzene rings is 5. The summed E-state index contributed by atoms with van der Waals surface area (Å²) in [6, 6.07) is 45.1. The van der Waals surface area contributed by atoms with Gasteiger partial charge in [-0.05, 0) is 70.9 Å². The average Bonchev–Trinajstić information content (AvgIpc) is 3.71. The molecular formula is C48H36N6O2. The van der Waals surface area contributed by atoms with Gasteiger partial charge in [0.15, 0.2) is 17.5 Å². The van der Waals surface area contributed by atoms with Gasteiger partial charge < -0.3 is 0 Å². The van der Waals surface area contributed by atoms with Crippen molar-refractivity contribution in [3.8, 4) is 51.0 Å². The topological polar surface area (TPSA) is 99.6 Å². The summed E-state index contributed by atoms with van der Waals surface area (Å²) in [4.78, 5) is 27.3. The molecule has 3 aliphatic rings. The third-order valence-electron chi connectivity index (χ3n) is 11.2. The maximum Gasteiger partial charge on any atom is 0.251 e. The minimum absolute atomic E-state index is 0.108. The molecule has 0 radical (unpaired) electrons. The third kappa shape index (κ3) is 5.96. The Morgan fingerprint density at radius 3 is 1.95 bits per heavy atom. The van der Waals surface area contributed by atoms with Gasteiger partial charge in [0.1, 0.15) is 0 Å². The Hall–Kier alpha value is -7.06. The molecule has 3 aliphatic carbocycles. The van der Waals surface area contributed by atoms with Crippen LogP contribution in [-0.4, -0.2) is 29.7 Å². The van der Waals surface area contributed by atoms with Gasteiger partial charge >= 0.3 is 0 Å². The molecule has 0 saturated heterocycles. The minimum atomic E-state index is -0.158. The van der Waals surface area contributed by atoms with E-state index in [1.54, 1.807) is 0 Å². The van der Waals surface area contributed by atoms with Gasteiger partial charge in [-0.2, -0.15) is 5.10 Å². The molecule has 2 aromatic heterocycles. The number of nitrogens with zero attached hydrogens (tertiary/aromatic N) is 6. The van der Waals surface area contributed by atoms with Gasteiger partial charge in [0, 0.05) is 46.6 Å². The van der Waals surface area contributed by atoms with Crippen LogP contribution in [0.5, 0.6) is 0 Å². The zero-order chi connectivity index (χ0) is 37.6. The first kappa shape index (κ1) is 33.5. The highest BCUT2D eigenvalue weighted by molar-refractivity contribution is 5.89. The van der Waals surface area contributed by atoms with Gasteiger partial charge in [0.25, 0.3) is 5.70 Å². The lowest BCUT2D eigenvalue weighted by atomic mass is 9.70. The molecule has 8 heteroatoms. The molecule has 0 spiro atoms. The fraction of sp³-hybridized carbons (Fsp3) is 0.125. The van der Waals surface area contributed by atoms with Crippen LogP contribution < -0.4 is 0 Å². The van der Waals surface area contributed by atoms with Crippen LogP contribution in [-0.2, 0) is 12.8 Å². The van der Waals surface area contributed by atoms with Gasteiger partial charge in [-0.3, -0.25) is 10.1 Å². The number of aryl methyl sites for hydroxylation is 1. The maximum absolute atomic E-state index is 12.7. The molecule has 1 atom stereocenters. The summed E-state index contributed by atoms with van der Waals surface area (Å²) in [6.07, 6.45) is 9.81. The van der Waals surface area contributed by atoms with E-state index in [0.29, 0.717) is 36.0 Å². The largest absolute Gasteiger partial charge is 0.259 e. The Labute approximate surface area is 324 Å². The van der Waals surface area contributed by atoms with Crippen LogP contribution in [0.1, 0.15) is 41.6 Å². The van der Waals surface area contributed by atoms with Crippen LogP contribution >= 0.6 is 0 Å². The van der Waals surface area contributed by atoms with Crippen molar-refractivity contribution in [2.75, 3.05) is 0 Å². The summed E-state index contributed by atoms with van der Waals surface area (Å²) in [7, 11) is 0. The quantitative estimate of drug-likeness (QED) is 0.120. The molecule has 0 fully saturated rings. The van der Waals surface area contributed by atoms with E-state index < -0.39 is 0 Å². The van der Waals surface area contributed by atoms with Crippen molar-refractivity contribution < 1.29 is 4.92 Å². The number of fused-ring (bicyclic) bond motifs is 3. The molecule has 2 heterocycles. The SMILES string of the molecule is O=[N+]([O-])C1=C(C2CC=CC3=C2c2ccccc2CC3)c2cnn(-c3cccc(-c4cccc(-c5nc(-c6ccccc6)nc(-c6ccccc6)n5)c4)c3)c2CC1. The zero-order valence-electron chi connectivity index (χ0n) is 30.5. The van der Waals surface area contributed by atoms with Gasteiger partial charge in [-0.1, -0.05) is 127 Å². The average molecular weight is 729 g/mol. The van der Waals surface area contributed by atoms with Crippen molar-refractivity contribution in [1.82, 2.24) is 24.7 Å². The van der Waals surface area contributed by atoms with Crippen molar-refractivity contribution in [3.05, 3.63) is 196 Å².